The summed E-state index contributed by atoms with van der Waals surface area (Å²) >= 11 is 1.37. The summed E-state index contributed by atoms with van der Waals surface area (Å²) in [7, 11) is 0. The zero-order chi connectivity index (χ0) is 19.7. The molecule has 1 aliphatic rings. The minimum atomic E-state index is -1.55. The predicted octanol–water partition coefficient (Wildman–Crippen LogP) is 0.0150. The fraction of sp³-hybridized carbons (Fsp3) is 0.611. The minimum absolute atomic E-state index is 0. The Morgan fingerprint density at radius 3 is 2.30 bits per heavy atom. The number of phenolic OH excluding ortho intramolecular Hbond substituents is 1. The molecule has 0 bridgehead atoms. The van der Waals surface area contributed by atoms with Crippen molar-refractivity contribution in [2.45, 2.75) is 25.2 Å². The van der Waals surface area contributed by atoms with Gasteiger partial charge in [0, 0.05) is 30.6 Å². The van der Waals surface area contributed by atoms with Gasteiger partial charge in [0.05, 0.1) is 19.8 Å². The molecule has 168 valence electrons. The van der Waals surface area contributed by atoms with Gasteiger partial charge in [-0.25, -0.2) is 0 Å². The van der Waals surface area contributed by atoms with Gasteiger partial charge in [0.1, 0.15) is 28.7 Å². The van der Waals surface area contributed by atoms with E-state index in [2.05, 4.69) is 4.99 Å². The molecule has 0 amide bonds. The summed E-state index contributed by atoms with van der Waals surface area (Å²) in [5.74, 6) is 0.958. The van der Waals surface area contributed by atoms with Crippen molar-refractivity contribution in [2.75, 3.05) is 45.4 Å². The van der Waals surface area contributed by atoms with Crippen LogP contribution in [-0.2, 0) is 9.47 Å². The molecule has 0 radical (unpaired) electrons. The van der Waals surface area contributed by atoms with Gasteiger partial charge in [0.2, 0.25) is 0 Å². The zero-order valence-electron chi connectivity index (χ0n) is 16.9. The molecular formula is C18H29MgNO9S. The molecule has 1 heterocycles. The number of ether oxygens (including phenoxy) is 3. The van der Waals surface area contributed by atoms with Crippen molar-refractivity contribution >= 4 is 39.9 Å². The molecule has 0 aliphatic carbocycles. The molecule has 0 unspecified atom stereocenters. The van der Waals surface area contributed by atoms with Gasteiger partial charge in [-0.3, -0.25) is 4.99 Å². The fourth-order valence-corrected chi connectivity index (χ4v) is 3.51. The zero-order valence-corrected chi connectivity index (χ0v) is 19.2. The van der Waals surface area contributed by atoms with Crippen molar-refractivity contribution in [1.29, 1.82) is 0 Å². The molecule has 0 spiro atoms. The summed E-state index contributed by atoms with van der Waals surface area (Å²) in [5.41, 5.74) is -0.436. The molecule has 6 N–H and O–H groups in total. The summed E-state index contributed by atoms with van der Waals surface area (Å²) in [5, 5.41) is 38.3. The van der Waals surface area contributed by atoms with Gasteiger partial charge in [-0.05, 0) is 25.5 Å². The molecule has 10 nitrogen and oxygen atoms in total. The number of thioether (sulfide) groups is 1. The Labute approximate surface area is 196 Å². The van der Waals surface area contributed by atoms with E-state index in [0.717, 1.165) is 0 Å². The Balaban J connectivity index is 0. The molecule has 0 saturated heterocycles. The van der Waals surface area contributed by atoms with Gasteiger partial charge in [-0.1, -0.05) is 0 Å². The van der Waals surface area contributed by atoms with Crippen LogP contribution in [-0.4, -0.2) is 117 Å². The normalized spacial score (nSPS) is 17.6. The van der Waals surface area contributed by atoms with Gasteiger partial charge >= 0.3 is 23.1 Å². The number of nitrogens with zero attached hydrogens (tertiary/aromatic N) is 1. The number of aliphatic hydroxyl groups is 3. The maximum Gasteiger partial charge on any atom is 2.00 e. The number of aromatic hydroxyl groups is 1. The molecule has 1 aromatic carbocycles. The van der Waals surface area contributed by atoms with E-state index in [0.29, 0.717) is 61.6 Å². The molecule has 0 fully saturated rings. The molecule has 12 heteroatoms. The minimum Gasteiger partial charge on any atom is -0.870 e. The van der Waals surface area contributed by atoms with Gasteiger partial charge in [0.25, 0.3) is 0 Å². The van der Waals surface area contributed by atoms with E-state index in [1.54, 1.807) is 19.1 Å². The summed E-state index contributed by atoms with van der Waals surface area (Å²) in [6, 6.07) is 4.92. The van der Waals surface area contributed by atoms with Gasteiger partial charge in [0.15, 0.2) is 6.29 Å². The largest absolute Gasteiger partial charge is 2.00 e. The van der Waals surface area contributed by atoms with Gasteiger partial charge in [-0.15, -0.1) is 11.8 Å². The first-order valence-corrected chi connectivity index (χ1v) is 9.76. The van der Waals surface area contributed by atoms with Crippen molar-refractivity contribution in [3.8, 4) is 11.5 Å². The van der Waals surface area contributed by atoms with Crippen molar-refractivity contribution in [1.82, 2.24) is 0 Å². The smallest absolute Gasteiger partial charge is 0.870 e. The first kappa shape index (κ1) is 31.5. The second-order valence-corrected chi connectivity index (χ2v) is 7.23. The van der Waals surface area contributed by atoms with Crippen molar-refractivity contribution in [3.05, 3.63) is 23.8 Å². The summed E-state index contributed by atoms with van der Waals surface area (Å²) < 4.78 is 16.2. The Bertz CT molecular complexity index is 636. The topological polar surface area (TPSA) is 181 Å². The van der Waals surface area contributed by atoms with Crippen LogP contribution in [0.5, 0.6) is 11.5 Å². The maximum atomic E-state index is 10.2. The average Bonchev–Trinajstić information content (AvgIpc) is 3.04. The number of hydrogen-bond donors (Lipinski definition) is 4. The van der Waals surface area contributed by atoms with Crippen LogP contribution in [0.4, 0.5) is 0 Å². The third-order valence-electron chi connectivity index (χ3n) is 3.93. The number of benzene rings is 1. The quantitative estimate of drug-likeness (QED) is 0.189. The van der Waals surface area contributed by atoms with Crippen LogP contribution < -0.4 is 4.74 Å². The van der Waals surface area contributed by atoms with E-state index in [1.807, 2.05) is 0 Å². The first-order chi connectivity index (χ1) is 13.0. The first-order valence-electron chi connectivity index (χ1n) is 8.77. The molecule has 30 heavy (non-hydrogen) atoms. The van der Waals surface area contributed by atoms with Crippen LogP contribution in [0.15, 0.2) is 23.2 Å². The number of hydrogen-bond acceptors (Lipinski definition) is 11. The van der Waals surface area contributed by atoms with Crippen molar-refractivity contribution < 1.29 is 45.6 Å². The Kier molecular flexibility index (Phi) is 16.8. The van der Waals surface area contributed by atoms with E-state index in [4.69, 9.17) is 19.3 Å². The van der Waals surface area contributed by atoms with Crippen LogP contribution in [0.3, 0.4) is 0 Å². The molecule has 0 aromatic heterocycles. The Hall–Kier alpha value is -0.674. The summed E-state index contributed by atoms with van der Waals surface area (Å²) in [4.78, 5) is 4.34. The Morgan fingerprint density at radius 1 is 1.10 bits per heavy atom. The Morgan fingerprint density at radius 2 is 1.73 bits per heavy atom. The molecule has 0 saturated carbocycles. The monoisotopic (exact) mass is 459 g/mol. The third-order valence-corrected chi connectivity index (χ3v) is 5.24. The fourth-order valence-electron chi connectivity index (χ4n) is 2.27. The van der Waals surface area contributed by atoms with E-state index >= 15 is 0 Å². The molecule has 2 rings (SSSR count). The summed E-state index contributed by atoms with van der Waals surface area (Å²) in [6.45, 7) is 3.93. The van der Waals surface area contributed by atoms with Gasteiger partial charge < -0.3 is 45.6 Å². The van der Waals surface area contributed by atoms with Gasteiger partial charge in [-0.2, -0.15) is 0 Å². The van der Waals surface area contributed by atoms with E-state index in [9.17, 15) is 15.3 Å². The predicted molar refractivity (Wildman–Crippen MR) is 112 cm³/mol. The van der Waals surface area contributed by atoms with Crippen LogP contribution in [0, 0.1) is 0 Å². The second kappa shape index (κ2) is 16.0. The van der Waals surface area contributed by atoms with Crippen LogP contribution in [0.1, 0.15) is 18.9 Å². The molecule has 1 aliphatic heterocycles. The van der Waals surface area contributed by atoms with Crippen LogP contribution >= 0.6 is 11.8 Å². The molecular weight excluding hydrogens is 431 g/mol. The SMILES string of the molecule is C[C@]1(C(O)O)CSC(c2ccc(OCCOCCOCCCO)cc2O)=N1.[Mg+2].[OH-].[OH-]. The second-order valence-electron chi connectivity index (χ2n) is 6.27. The number of aliphatic imine (C=N–C) groups is 1. The maximum absolute atomic E-state index is 10.2. The van der Waals surface area contributed by atoms with E-state index in [-0.39, 0.29) is 46.4 Å². The molecule has 1 aromatic rings. The third kappa shape index (κ3) is 9.64. The number of aliphatic hydroxyl groups excluding tert-OH is 2. The average molecular weight is 460 g/mol. The van der Waals surface area contributed by atoms with Crippen LogP contribution in [0.25, 0.3) is 0 Å². The van der Waals surface area contributed by atoms with Crippen molar-refractivity contribution in [2.24, 2.45) is 4.99 Å². The number of phenols is 1. The summed E-state index contributed by atoms with van der Waals surface area (Å²) in [6.07, 6.45) is -0.930. The van der Waals surface area contributed by atoms with Crippen LogP contribution in [0.2, 0.25) is 0 Å². The standard InChI is InChI=1S/C18H27NO7S.Mg.2H2O/c1-18(17(22)23)12-27-16(19-18)14-4-3-13(11-15(14)21)26-10-9-25-8-7-24-6-2-5-20;;;/h3-4,11,17,20-23H,2,5-10,12H2,1H3;;2*1H2/q;+2;;/p-2/t18-;;;/m1.../s1. The molecule has 1 atom stereocenters. The van der Waals surface area contributed by atoms with Crippen molar-refractivity contribution in [3.63, 3.8) is 0 Å². The van der Waals surface area contributed by atoms with E-state index < -0.39 is 11.8 Å². The van der Waals surface area contributed by atoms with E-state index in [1.165, 1.54) is 17.8 Å². The number of rotatable bonds is 12.